The molecule has 0 aliphatic carbocycles. The number of aromatic nitrogens is 1. The lowest BCUT2D eigenvalue weighted by Crippen LogP contribution is -2.32. The van der Waals surface area contributed by atoms with Crippen molar-refractivity contribution in [3.05, 3.63) is 22.3 Å². The first-order valence-corrected chi connectivity index (χ1v) is 6.85. The Kier molecular flexibility index (Phi) is 5.06. The molecule has 0 saturated carbocycles. The van der Waals surface area contributed by atoms with Crippen molar-refractivity contribution in [2.45, 2.75) is 6.42 Å². The smallest absolute Gasteiger partial charge is 0.147 e. The van der Waals surface area contributed by atoms with Crippen LogP contribution in [0.25, 0.3) is 0 Å². The summed E-state index contributed by atoms with van der Waals surface area (Å²) in [7, 11) is 0. The Morgan fingerprint density at radius 3 is 2.78 bits per heavy atom. The normalized spacial score (nSPS) is 17.8. The molecule has 0 spiro atoms. The Bertz CT molecular complexity index is 403. The van der Waals surface area contributed by atoms with Crippen LogP contribution >= 0.6 is 23.2 Å². The lowest BCUT2D eigenvalue weighted by atomic mass is 10.3. The Labute approximate surface area is 117 Å². The quantitative estimate of drug-likeness (QED) is 0.923. The fraction of sp³-hybridized carbons (Fsp3) is 0.583. The first-order chi connectivity index (χ1) is 8.70. The SMILES string of the molecule is OCCN1CCCN(c2ncc(Cl)cc2Cl)CC1. The molecule has 1 fully saturated rings. The Morgan fingerprint density at radius 1 is 1.22 bits per heavy atom. The van der Waals surface area contributed by atoms with E-state index in [2.05, 4.69) is 14.8 Å². The van der Waals surface area contributed by atoms with Crippen molar-refractivity contribution in [2.24, 2.45) is 0 Å². The average Bonchev–Trinajstić information content (AvgIpc) is 2.55. The molecule has 2 heterocycles. The Hall–Kier alpha value is -0.550. The zero-order chi connectivity index (χ0) is 13.0. The van der Waals surface area contributed by atoms with Gasteiger partial charge in [0.1, 0.15) is 5.82 Å². The van der Waals surface area contributed by atoms with E-state index in [1.807, 2.05) is 0 Å². The number of anilines is 1. The summed E-state index contributed by atoms with van der Waals surface area (Å²) >= 11 is 12.0. The van der Waals surface area contributed by atoms with Crippen molar-refractivity contribution in [3.63, 3.8) is 0 Å². The highest BCUT2D eigenvalue weighted by molar-refractivity contribution is 6.36. The van der Waals surface area contributed by atoms with Crippen molar-refractivity contribution in [2.75, 3.05) is 44.2 Å². The fourth-order valence-electron chi connectivity index (χ4n) is 2.19. The molecule has 100 valence electrons. The number of pyridine rings is 1. The highest BCUT2D eigenvalue weighted by atomic mass is 35.5. The van der Waals surface area contributed by atoms with E-state index in [9.17, 15) is 0 Å². The molecular weight excluding hydrogens is 273 g/mol. The fourth-order valence-corrected chi connectivity index (χ4v) is 2.69. The molecule has 1 saturated heterocycles. The van der Waals surface area contributed by atoms with Gasteiger partial charge >= 0.3 is 0 Å². The Morgan fingerprint density at radius 2 is 2.06 bits per heavy atom. The average molecular weight is 290 g/mol. The molecule has 2 rings (SSSR count). The van der Waals surface area contributed by atoms with E-state index in [1.165, 1.54) is 0 Å². The van der Waals surface area contributed by atoms with Gasteiger partial charge in [-0.3, -0.25) is 4.90 Å². The van der Waals surface area contributed by atoms with Crippen LogP contribution in [0.2, 0.25) is 10.0 Å². The van der Waals surface area contributed by atoms with Gasteiger partial charge in [-0.1, -0.05) is 23.2 Å². The maximum atomic E-state index is 8.96. The standard InChI is InChI=1S/C12H17Cl2N3O/c13-10-8-11(14)12(15-9-10)17-3-1-2-16(4-5-17)6-7-18/h8-9,18H,1-7H2. The van der Waals surface area contributed by atoms with Gasteiger partial charge in [-0.15, -0.1) is 0 Å². The molecule has 0 unspecified atom stereocenters. The third-order valence-corrected chi connectivity index (χ3v) is 3.58. The predicted octanol–water partition coefficient (Wildman–Crippen LogP) is 1.89. The van der Waals surface area contributed by atoms with Crippen LogP contribution in [0.3, 0.4) is 0 Å². The van der Waals surface area contributed by atoms with Gasteiger partial charge in [0.25, 0.3) is 0 Å². The first kappa shape index (κ1) is 13.9. The maximum absolute atomic E-state index is 8.96. The molecule has 0 radical (unpaired) electrons. The molecule has 1 aromatic heterocycles. The van der Waals surface area contributed by atoms with Crippen LogP contribution < -0.4 is 4.90 Å². The van der Waals surface area contributed by atoms with Gasteiger partial charge in [0, 0.05) is 32.4 Å². The number of hydrogen-bond donors (Lipinski definition) is 1. The molecule has 1 aromatic rings. The summed E-state index contributed by atoms with van der Waals surface area (Å²) in [6.07, 6.45) is 2.67. The topological polar surface area (TPSA) is 39.6 Å². The second-order valence-corrected chi connectivity index (χ2v) is 5.21. The number of aliphatic hydroxyl groups excluding tert-OH is 1. The summed E-state index contributed by atoms with van der Waals surface area (Å²) in [6.45, 7) is 4.66. The number of hydrogen-bond acceptors (Lipinski definition) is 4. The molecule has 6 heteroatoms. The van der Waals surface area contributed by atoms with Crippen LogP contribution in [-0.2, 0) is 0 Å². The van der Waals surface area contributed by atoms with E-state index in [0.29, 0.717) is 10.0 Å². The van der Waals surface area contributed by atoms with Gasteiger partial charge in [0.15, 0.2) is 0 Å². The zero-order valence-corrected chi connectivity index (χ0v) is 11.7. The summed E-state index contributed by atoms with van der Waals surface area (Å²) in [5.74, 6) is 0.798. The van der Waals surface area contributed by atoms with Gasteiger partial charge in [-0.2, -0.15) is 0 Å². The van der Waals surface area contributed by atoms with Crippen LogP contribution in [0.1, 0.15) is 6.42 Å². The van der Waals surface area contributed by atoms with Crippen LogP contribution in [0.5, 0.6) is 0 Å². The number of rotatable bonds is 3. The van der Waals surface area contributed by atoms with Gasteiger partial charge in [-0.05, 0) is 19.0 Å². The van der Waals surface area contributed by atoms with Gasteiger partial charge in [0.2, 0.25) is 0 Å². The summed E-state index contributed by atoms with van der Waals surface area (Å²) < 4.78 is 0. The predicted molar refractivity (Wildman–Crippen MR) is 74.6 cm³/mol. The molecule has 0 bridgehead atoms. The lowest BCUT2D eigenvalue weighted by Gasteiger charge is -2.23. The van der Waals surface area contributed by atoms with E-state index >= 15 is 0 Å². The van der Waals surface area contributed by atoms with E-state index in [4.69, 9.17) is 28.3 Å². The molecule has 18 heavy (non-hydrogen) atoms. The highest BCUT2D eigenvalue weighted by Gasteiger charge is 2.17. The third-order valence-electron chi connectivity index (χ3n) is 3.09. The first-order valence-electron chi connectivity index (χ1n) is 6.10. The summed E-state index contributed by atoms with van der Waals surface area (Å²) in [6, 6.07) is 1.72. The van der Waals surface area contributed by atoms with Gasteiger partial charge in [-0.25, -0.2) is 4.98 Å². The minimum Gasteiger partial charge on any atom is -0.395 e. The largest absolute Gasteiger partial charge is 0.395 e. The number of nitrogens with zero attached hydrogens (tertiary/aromatic N) is 3. The van der Waals surface area contributed by atoms with E-state index in [0.717, 1.165) is 45.0 Å². The zero-order valence-electron chi connectivity index (χ0n) is 10.1. The molecule has 0 amide bonds. The van der Waals surface area contributed by atoms with E-state index < -0.39 is 0 Å². The van der Waals surface area contributed by atoms with Crippen molar-refractivity contribution in [3.8, 4) is 0 Å². The minimum atomic E-state index is 0.208. The Balaban J connectivity index is 2.05. The van der Waals surface area contributed by atoms with Crippen molar-refractivity contribution in [1.82, 2.24) is 9.88 Å². The highest BCUT2D eigenvalue weighted by Crippen LogP contribution is 2.26. The van der Waals surface area contributed by atoms with E-state index in [1.54, 1.807) is 12.3 Å². The lowest BCUT2D eigenvalue weighted by molar-refractivity contribution is 0.204. The van der Waals surface area contributed by atoms with Crippen molar-refractivity contribution in [1.29, 1.82) is 0 Å². The van der Waals surface area contributed by atoms with Crippen LogP contribution in [-0.4, -0.2) is 54.3 Å². The summed E-state index contributed by atoms with van der Waals surface area (Å²) in [4.78, 5) is 8.74. The second-order valence-electron chi connectivity index (χ2n) is 4.36. The van der Waals surface area contributed by atoms with Crippen LogP contribution in [0, 0.1) is 0 Å². The molecule has 1 aliphatic rings. The summed E-state index contributed by atoms with van der Waals surface area (Å²) in [5.41, 5.74) is 0. The van der Waals surface area contributed by atoms with Gasteiger partial charge < -0.3 is 10.0 Å². The van der Waals surface area contributed by atoms with Crippen molar-refractivity contribution >= 4 is 29.0 Å². The molecule has 0 aromatic carbocycles. The number of halogens is 2. The summed E-state index contributed by atoms with van der Waals surface area (Å²) in [5, 5.41) is 10.1. The van der Waals surface area contributed by atoms with Gasteiger partial charge in [0.05, 0.1) is 16.7 Å². The van der Waals surface area contributed by atoms with Crippen LogP contribution in [0.15, 0.2) is 12.3 Å². The molecule has 1 aliphatic heterocycles. The minimum absolute atomic E-state index is 0.208. The molecule has 4 nitrogen and oxygen atoms in total. The molecule has 1 N–H and O–H groups in total. The molecular formula is C12H17Cl2N3O. The molecule has 0 atom stereocenters. The second kappa shape index (κ2) is 6.57. The maximum Gasteiger partial charge on any atom is 0.147 e. The number of β-amino-alcohol motifs (C(OH)–C–C–N with tert-alkyl or cyclic N) is 1. The monoisotopic (exact) mass is 289 g/mol. The van der Waals surface area contributed by atoms with Crippen molar-refractivity contribution < 1.29 is 5.11 Å². The van der Waals surface area contributed by atoms with Crippen LogP contribution in [0.4, 0.5) is 5.82 Å². The number of aliphatic hydroxyl groups is 1. The van der Waals surface area contributed by atoms with E-state index in [-0.39, 0.29) is 6.61 Å². The third kappa shape index (κ3) is 3.48.